The van der Waals surface area contributed by atoms with E-state index in [-0.39, 0.29) is 0 Å². The molecule has 0 radical (unpaired) electrons. The Balaban J connectivity index is 2.29. The maximum Gasteiger partial charge on any atom is -0.00394 e. The first-order chi connectivity index (χ1) is 5.88. The number of rotatable bonds is 4. The number of hydrogen-bond acceptors (Lipinski definition) is 1. The molecule has 0 spiro atoms. The Labute approximate surface area is 81.5 Å². The van der Waals surface area contributed by atoms with E-state index in [0.29, 0.717) is 0 Å². The van der Waals surface area contributed by atoms with Crippen LogP contribution in [-0.4, -0.2) is 12.0 Å². The fourth-order valence-electron chi connectivity index (χ4n) is 2.41. The third kappa shape index (κ3) is 3.01. The molecule has 0 aromatic heterocycles. The molecule has 0 heterocycles. The van der Waals surface area contributed by atoms with Crippen molar-refractivity contribution in [1.29, 1.82) is 0 Å². The lowest BCUT2D eigenvalue weighted by Gasteiger charge is -2.29. The van der Waals surface area contributed by atoms with Crippen molar-refractivity contribution in [3.63, 3.8) is 0 Å². The molecular formula is C11H22S. The van der Waals surface area contributed by atoms with E-state index in [1.807, 2.05) is 11.8 Å². The van der Waals surface area contributed by atoms with Gasteiger partial charge in [0.2, 0.25) is 0 Å². The SMILES string of the molecule is CCC(CSC)C1CCCCC1. The first kappa shape index (κ1) is 10.4. The molecule has 1 aliphatic rings. The number of thioether (sulfide) groups is 1. The van der Waals surface area contributed by atoms with Gasteiger partial charge in [0.15, 0.2) is 0 Å². The molecule has 0 nitrogen and oxygen atoms in total. The summed E-state index contributed by atoms with van der Waals surface area (Å²) in [7, 11) is 0. The lowest BCUT2D eigenvalue weighted by Crippen LogP contribution is -2.19. The molecule has 0 bridgehead atoms. The highest BCUT2D eigenvalue weighted by molar-refractivity contribution is 7.98. The molecule has 12 heavy (non-hydrogen) atoms. The highest BCUT2D eigenvalue weighted by Crippen LogP contribution is 2.32. The molecule has 72 valence electrons. The Kier molecular flexibility index (Phi) is 5.13. The Bertz CT molecular complexity index is 103. The Morgan fingerprint density at radius 1 is 1.25 bits per heavy atom. The van der Waals surface area contributed by atoms with Crippen molar-refractivity contribution in [1.82, 2.24) is 0 Å². The second-order valence-electron chi connectivity index (χ2n) is 4.02. The van der Waals surface area contributed by atoms with E-state index in [0.717, 1.165) is 11.8 Å². The van der Waals surface area contributed by atoms with Crippen LogP contribution in [-0.2, 0) is 0 Å². The van der Waals surface area contributed by atoms with Gasteiger partial charge in [-0.25, -0.2) is 0 Å². The van der Waals surface area contributed by atoms with Crippen molar-refractivity contribution in [2.75, 3.05) is 12.0 Å². The number of hydrogen-bond donors (Lipinski definition) is 0. The molecule has 1 heteroatoms. The third-order valence-corrected chi connectivity index (χ3v) is 3.98. The summed E-state index contributed by atoms with van der Waals surface area (Å²) in [6, 6.07) is 0. The Hall–Kier alpha value is 0.350. The van der Waals surface area contributed by atoms with Gasteiger partial charge in [0.1, 0.15) is 0 Å². The van der Waals surface area contributed by atoms with Gasteiger partial charge < -0.3 is 0 Å². The van der Waals surface area contributed by atoms with Gasteiger partial charge in [-0.1, -0.05) is 45.4 Å². The Morgan fingerprint density at radius 3 is 2.42 bits per heavy atom. The summed E-state index contributed by atoms with van der Waals surface area (Å²) in [5.41, 5.74) is 0. The summed E-state index contributed by atoms with van der Waals surface area (Å²) < 4.78 is 0. The van der Waals surface area contributed by atoms with Crippen LogP contribution in [0.4, 0.5) is 0 Å². The van der Waals surface area contributed by atoms with Crippen LogP contribution < -0.4 is 0 Å². The van der Waals surface area contributed by atoms with E-state index in [2.05, 4.69) is 13.2 Å². The molecule has 1 fully saturated rings. The van der Waals surface area contributed by atoms with Crippen molar-refractivity contribution in [3.8, 4) is 0 Å². The van der Waals surface area contributed by atoms with Gasteiger partial charge >= 0.3 is 0 Å². The van der Waals surface area contributed by atoms with Gasteiger partial charge in [0, 0.05) is 0 Å². The second kappa shape index (κ2) is 5.90. The van der Waals surface area contributed by atoms with Gasteiger partial charge in [-0.05, 0) is 23.8 Å². The van der Waals surface area contributed by atoms with Crippen LogP contribution in [0.3, 0.4) is 0 Å². The van der Waals surface area contributed by atoms with E-state index in [1.54, 1.807) is 0 Å². The summed E-state index contributed by atoms with van der Waals surface area (Å²) >= 11 is 2.03. The topological polar surface area (TPSA) is 0 Å². The molecule has 0 aliphatic heterocycles. The van der Waals surface area contributed by atoms with E-state index >= 15 is 0 Å². The predicted octanol–water partition coefficient (Wildman–Crippen LogP) is 3.96. The fraction of sp³-hybridized carbons (Fsp3) is 1.00. The lowest BCUT2D eigenvalue weighted by molar-refractivity contribution is 0.262. The monoisotopic (exact) mass is 186 g/mol. The zero-order valence-electron chi connectivity index (χ0n) is 8.51. The molecule has 0 saturated heterocycles. The maximum absolute atomic E-state index is 2.36. The minimum Gasteiger partial charge on any atom is -0.165 e. The average Bonchev–Trinajstić information content (AvgIpc) is 2.15. The van der Waals surface area contributed by atoms with Crippen LogP contribution in [0.2, 0.25) is 0 Å². The van der Waals surface area contributed by atoms with Gasteiger partial charge in [-0.3, -0.25) is 0 Å². The first-order valence-electron chi connectivity index (χ1n) is 5.37. The standard InChI is InChI=1S/C11H22S/c1-3-10(9-12-2)11-7-5-4-6-8-11/h10-11H,3-9H2,1-2H3. The summed E-state index contributed by atoms with van der Waals surface area (Å²) in [5, 5.41) is 0. The lowest BCUT2D eigenvalue weighted by atomic mass is 9.80. The fourth-order valence-corrected chi connectivity index (χ4v) is 3.34. The molecule has 0 N–H and O–H groups in total. The van der Waals surface area contributed by atoms with E-state index in [1.165, 1.54) is 44.3 Å². The first-order valence-corrected chi connectivity index (χ1v) is 6.76. The molecule has 1 saturated carbocycles. The van der Waals surface area contributed by atoms with E-state index in [9.17, 15) is 0 Å². The quantitative estimate of drug-likeness (QED) is 0.640. The average molecular weight is 186 g/mol. The predicted molar refractivity (Wildman–Crippen MR) is 58.7 cm³/mol. The summed E-state index contributed by atoms with van der Waals surface area (Å²) in [4.78, 5) is 0. The van der Waals surface area contributed by atoms with Crippen molar-refractivity contribution < 1.29 is 0 Å². The van der Waals surface area contributed by atoms with Crippen molar-refractivity contribution in [3.05, 3.63) is 0 Å². The van der Waals surface area contributed by atoms with Crippen LogP contribution in [0.5, 0.6) is 0 Å². The van der Waals surface area contributed by atoms with Crippen LogP contribution in [0.25, 0.3) is 0 Å². The minimum absolute atomic E-state index is 1.01. The van der Waals surface area contributed by atoms with E-state index < -0.39 is 0 Å². The molecule has 1 aliphatic carbocycles. The van der Waals surface area contributed by atoms with Gasteiger partial charge in [-0.15, -0.1) is 0 Å². The van der Waals surface area contributed by atoms with Crippen molar-refractivity contribution in [2.45, 2.75) is 45.4 Å². The van der Waals surface area contributed by atoms with Gasteiger partial charge in [0.25, 0.3) is 0 Å². The minimum atomic E-state index is 1.01. The zero-order valence-corrected chi connectivity index (χ0v) is 9.33. The Morgan fingerprint density at radius 2 is 1.92 bits per heavy atom. The van der Waals surface area contributed by atoms with Crippen molar-refractivity contribution in [2.24, 2.45) is 11.8 Å². The highest BCUT2D eigenvalue weighted by atomic mass is 32.2. The van der Waals surface area contributed by atoms with E-state index in [4.69, 9.17) is 0 Å². The van der Waals surface area contributed by atoms with Crippen molar-refractivity contribution >= 4 is 11.8 Å². The smallest absolute Gasteiger partial charge is 0.00394 e. The van der Waals surface area contributed by atoms with Gasteiger partial charge in [0.05, 0.1) is 0 Å². The van der Waals surface area contributed by atoms with Crippen LogP contribution in [0.15, 0.2) is 0 Å². The summed E-state index contributed by atoms with van der Waals surface area (Å²) in [5.74, 6) is 3.47. The third-order valence-electron chi connectivity index (χ3n) is 3.22. The normalized spacial score (nSPS) is 22.5. The second-order valence-corrected chi connectivity index (χ2v) is 4.93. The summed E-state index contributed by atoms with van der Waals surface area (Å²) in [6.45, 7) is 2.36. The molecule has 1 rings (SSSR count). The molecule has 1 unspecified atom stereocenters. The van der Waals surface area contributed by atoms with Crippen LogP contribution in [0, 0.1) is 11.8 Å². The summed E-state index contributed by atoms with van der Waals surface area (Å²) in [6.07, 6.45) is 11.1. The highest BCUT2D eigenvalue weighted by Gasteiger charge is 2.21. The molecule has 0 aromatic rings. The molecule has 1 atom stereocenters. The maximum atomic E-state index is 2.36. The van der Waals surface area contributed by atoms with Crippen LogP contribution >= 0.6 is 11.8 Å². The molecule has 0 amide bonds. The molecular weight excluding hydrogens is 164 g/mol. The largest absolute Gasteiger partial charge is 0.165 e. The van der Waals surface area contributed by atoms with Crippen LogP contribution in [0.1, 0.15) is 45.4 Å². The zero-order chi connectivity index (χ0) is 8.81. The molecule has 0 aromatic carbocycles. The van der Waals surface area contributed by atoms with Gasteiger partial charge in [-0.2, -0.15) is 11.8 Å².